The van der Waals surface area contributed by atoms with Gasteiger partial charge in [-0.15, -0.1) is 0 Å². The van der Waals surface area contributed by atoms with Gasteiger partial charge in [0.05, 0.1) is 0 Å². The molecular weight excluding hydrogens is 166 g/mol. The number of Topliss-reactive ketones (excluding diaryl/α,β-unsaturated/α-hetero) is 2. The van der Waals surface area contributed by atoms with Crippen LogP contribution in [-0.4, -0.2) is 18.1 Å². The van der Waals surface area contributed by atoms with E-state index in [0.29, 0.717) is 13.0 Å². The smallest absolute Gasteiger partial charge is 0.201 e. The molecule has 0 saturated heterocycles. The van der Waals surface area contributed by atoms with Gasteiger partial charge in [-0.05, 0) is 18.9 Å². The van der Waals surface area contributed by atoms with Gasteiger partial charge in [0.15, 0.2) is 5.78 Å². The van der Waals surface area contributed by atoms with Crippen LogP contribution in [0, 0.1) is 11.8 Å². The van der Waals surface area contributed by atoms with Crippen molar-refractivity contribution in [2.24, 2.45) is 17.6 Å². The topological polar surface area (TPSA) is 60.2 Å². The Hall–Kier alpha value is -0.700. The van der Waals surface area contributed by atoms with Gasteiger partial charge in [0.1, 0.15) is 0 Å². The Balaban J connectivity index is 4.40. The Morgan fingerprint density at radius 1 is 1.38 bits per heavy atom. The predicted molar refractivity (Wildman–Crippen MR) is 52.3 cm³/mol. The van der Waals surface area contributed by atoms with Crippen LogP contribution in [0.25, 0.3) is 0 Å². The lowest BCUT2D eigenvalue weighted by atomic mass is 9.84. The standard InChI is InChI=1S/C10H19NO2/c1-4-7(2)9(5-6-11)10(13)8(3)12/h7,9H,4-6,11H2,1-3H3. The van der Waals surface area contributed by atoms with E-state index in [1.165, 1.54) is 6.92 Å². The maximum absolute atomic E-state index is 11.4. The average Bonchev–Trinajstić information content (AvgIpc) is 2.11. The number of ketones is 2. The van der Waals surface area contributed by atoms with Gasteiger partial charge < -0.3 is 5.73 Å². The molecule has 0 aromatic heterocycles. The van der Waals surface area contributed by atoms with Crippen molar-refractivity contribution in [1.82, 2.24) is 0 Å². The minimum atomic E-state index is -0.348. The molecule has 0 aliphatic rings. The molecule has 0 aliphatic heterocycles. The Morgan fingerprint density at radius 3 is 2.23 bits per heavy atom. The molecule has 0 aromatic carbocycles. The molecule has 76 valence electrons. The molecule has 0 radical (unpaired) electrons. The largest absolute Gasteiger partial charge is 0.330 e. The fraction of sp³-hybridized carbons (Fsp3) is 0.800. The second kappa shape index (κ2) is 5.86. The van der Waals surface area contributed by atoms with Crippen molar-refractivity contribution in [3.63, 3.8) is 0 Å². The summed E-state index contributed by atoms with van der Waals surface area (Å²) >= 11 is 0. The fourth-order valence-corrected chi connectivity index (χ4v) is 1.40. The van der Waals surface area contributed by atoms with Gasteiger partial charge in [-0.25, -0.2) is 0 Å². The number of nitrogens with two attached hydrogens (primary N) is 1. The highest BCUT2D eigenvalue weighted by Crippen LogP contribution is 2.19. The third-order valence-corrected chi connectivity index (χ3v) is 2.49. The van der Waals surface area contributed by atoms with Crippen LogP contribution in [0.5, 0.6) is 0 Å². The molecule has 2 unspecified atom stereocenters. The first-order valence-corrected chi connectivity index (χ1v) is 4.79. The Bertz CT molecular complexity index is 189. The summed E-state index contributed by atoms with van der Waals surface area (Å²) in [5.41, 5.74) is 5.40. The van der Waals surface area contributed by atoms with Crippen molar-refractivity contribution in [3.05, 3.63) is 0 Å². The van der Waals surface area contributed by atoms with Crippen molar-refractivity contribution >= 4 is 11.6 Å². The summed E-state index contributed by atoms with van der Waals surface area (Å²) in [6.07, 6.45) is 1.52. The summed E-state index contributed by atoms with van der Waals surface area (Å²) in [6.45, 7) is 5.80. The molecule has 13 heavy (non-hydrogen) atoms. The monoisotopic (exact) mass is 185 g/mol. The average molecular weight is 185 g/mol. The lowest BCUT2D eigenvalue weighted by Crippen LogP contribution is -2.29. The summed E-state index contributed by atoms with van der Waals surface area (Å²) in [5, 5.41) is 0. The minimum Gasteiger partial charge on any atom is -0.330 e. The molecule has 0 amide bonds. The van der Waals surface area contributed by atoms with E-state index in [1.807, 2.05) is 13.8 Å². The van der Waals surface area contributed by atoms with Gasteiger partial charge in [-0.3, -0.25) is 9.59 Å². The molecule has 0 fully saturated rings. The van der Waals surface area contributed by atoms with Crippen LogP contribution in [-0.2, 0) is 9.59 Å². The number of carbonyl (C=O) groups excluding carboxylic acids is 2. The zero-order valence-electron chi connectivity index (χ0n) is 8.67. The number of rotatable bonds is 6. The summed E-state index contributed by atoms with van der Waals surface area (Å²) in [5.74, 6) is -0.536. The molecule has 3 heteroatoms. The lowest BCUT2D eigenvalue weighted by Gasteiger charge is -2.19. The highest BCUT2D eigenvalue weighted by atomic mass is 16.2. The second-order valence-corrected chi connectivity index (χ2v) is 3.49. The molecule has 3 nitrogen and oxygen atoms in total. The number of hydrogen-bond donors (Lipinski definition) is 1. The van der Waals surface area contributed by atoms with E-state index in [2.05, 4.69) is 0 Å². The van der Waals surface area contributed by atoms with Gasteiger partial charge in [-0.2, -0.15) is 0 Å². The van der Waals surface area contributed by atoms with Gasteiger partial charge in [0.25, 0.3) is 0 Å². The van der Waals surface area contributed by atoms with E-state index >= 15 is 0 Å². The van der Waals surface area contributed by atoms with Crippen molar-refractivity contribution in [1.29, 1.82) is 0 Å². The first kappa shape index (κ1) is 12.3. The minimum absolute atomic E-state index is 0.174. The van der Waals surface area contributed by atoms with E-state index in [1.54, 1.807) is 0 Å². The van der Waals surface area contributed by atoms with Crippen molar-refractivity contribution in [2.75, 3.05) is 6.54 Å². The lowest BCUT2D eigenvalue weighted by molar-refractivity contribution is -0.138. The zero-order chi connectivity index (χ0) is 10.4. The maximum Gasteiger partial charge on any atom is 0.201 e. The highest BCUT2D eigenvalue weighted by molar-refractivity contribution is 6.37. The van der Waals surface area contributed by atoms with E-state index in [9.17, 15) is 9.59 Å². The summed E-state index contributed by atoms with van der Waals surface area (Å²) in [6, 6.07) is 0. The fourth-order valence-electron chi connectivity index (χ4n) is 1.40. The summed E-state index contributed by atoms with van der Waals surface area (Å²) < 4.78 is 0. The van der Waals surface area contributed by atoms with Crippen LogP contribution >= 0.6 is 0 Å². The predicted octanol–water partition coefficient (Wildman–Crippen LogP) is 1.16. The Kier molecular flexibility index (Phi) is 5.55. The molecule has 2 atom stereocenters. The van der Waals surface area contributed by atoms with Gasteiger partial charge in [0.2, 0.25) is 5.78 Å². The molecule has 2 N–H and O–H groups in total. The van der Waals surface area contributed by atoms with Crippen LogP contribution < -0.4 is 5.73 Å². The normalized spacial score (nSPS) is 15.1. The molecule has 0 aliphatic carbocycles. The van der Waals surface area contributed by atoms with Gasteiger partial charge >= 0.3 is 0 Å². The highest BCUT2D eigenvalue weighted by Gasteiger charge is 2.25. The number of carbonyl (C=O) groups is 2. The second-order valence-electron chi connectivity index (χ2n) is 3.49. The third-order valence-electron chi connectivity index (χ3n) is 2.49. The molecule has 0 rings (SSSR count). The van der Waals surface area contributed by atoms with Crippen LogP contribution in [0.15, 0.2) is 0 Å². The summed E-state index contributed by atoms with van der Waals surface area (Å²) in [7, 11) is 0. The molecular formula is C10H19NO2. The molecule has 0 aromatic rings. The van der Waals surface area contributed by atoms with Crippen molar-refractivity contribution < 1.29 is 9.59 Å². The molecule has 0 heterocycles. The Labute approximate surface area is 79.7 Å². The zero-order valence-corrected chi connectivity index (χ0v) is 8.67. The van der Waals surface area contributed by atoms with Gasteiger partial charge in [-0.1, -0.05) is 20.3 Å². The quantitative estimate of drug-likeness (QED) is 0.631. The van der Waals surface area contributed by atoms with Crippen LogP contribution in [0.2, 0.25) is 0 Å². The van der Waals surface area contributed by atoms with E-state index in [0.717, 1.165) is 6.42 Å². The van der Waals surface area contributed by atoms with E-state index in [-0.39, 0.29) is 23.4 Å². The molecule has 0 saturated carbocycles. The first-order valence-electron chi connectivity index (χ1n) is 4.79. The van der Waals surface area contributed by atoms with Gasteiger partial charge in [0, 0.05) is 12.8 Å². The molecule has 0 spiro atoms. The van der Waals surface area contributed by atoms with Crippen molar-refractivity contribution in [3.8, 4) is 0 Å². The summed E-state index contributed by atoms with van der Waals surface area (Å²) in [4.78, 5) is 22.3. The van der Waals surface area contributed by atoms with Crippen LogP contribution in [0.3, 0.4) is 0 Å². The molecule has 0 bridgehead atoms. The third kappa shape index (κ3) is 3.68. The van der Waals surface area contributed by atoms with Crippen molar-refractivity contribution in [2.45, 2.75) is 33.6 Å². The van der Waals surface area contributed by atoms with E-state index < -0.39 is 0 Å². The number of hydrogen-bond acceptors (Lipinski definition) is 3. The Morgan fingerprint density at radius 2 is 1.92 bits per heavy atom. The SMILES string of the molecule is CCC(C)C(CCN)C(=O)C(C)=O. The van der Waals surface area contributed by atoms with E-state index in [4.69, 9.17) is 5.73 Å². The first-order chi connectivity index (χ1) is 6.04. The van der Waals surface area contributed by atoms with Crippen LogP contribution in [0.1, 0.15) is 33.6 Å². The van der Waals surface area contributed by atoms with Crippen LogP contribution in [0.4, 0.5) is 0 Å². The maximum atomic E-state index is 11.4.